The molecule has 0 saturated carbocycles. The number of sulfonamides is 1. The van der Waals surface area contributed by atoms with Gasteiger partial charge in [0, 0.05) is 11.1 Å². The lowest BCUT2D eigenvalue weighted by molar-refractivity contribution is 0.547. The van der Waals surface area contributed by atoms with Crippen LogP contribution in [0, 0.1) is 0 Å². The van der Waals surface area contributed by atoms with Crippen LogP contribution in [0.5, 0.6) is 0 Å². The maximum Gasteiger partial charge on any atom is 0.308 e. The van der Waals surface area contributed by atoms with Crippen LogP contribution in [0.1, 0.15) is 24.5 Å². The van der Waals surface area contributed by atoms with E-state index in [-0.39, 0.29) is 15.8 Å². The second-order valence-electron chi connectivity index (χ2n) is 7.72. The number of thiazole rings is 1. The lowest BCUT2D eigenvalue weighted by Crippen LogP contribution is -2.32. The largest absolute Gasteiger partial charge is 0.308 e. The lowest BCUT2D eigenvalue weighted by atomic mass is 10.1. The molecule has 0 unspecified atom stereocenters. The number of halogens is 1. The van der Waals surface area contributed by atoms with Crippen molar-refractivity contribution in [2.75, 3.05) is 0 Å². The van der Waals surface area contributed by atoms with Crippen molar-refractivity contribution in [2.45, 2.75) is 37.2 Å². The second kappa shape index (κ2) is 9.58. The van der Waals surface area contributed by atoms with Crippen LogP contribution in [0.2, 0.25) is 5.02 Å². The number of aromatic nitrogens is 1. The van der Waals surface area contributed by atoms with Gasteiger partial charge in [-0.25, -0.2) is 13.1 Å². The van der Waals surface area contributed by atoms with E-state index in [1.807, 2.05) is 55.5 Å². The van der Waals surface area contributed by atoms with Crippen molar-refractivity contribution < 1.29 is 8.42 Å². The van der Waals surface area contributed by atoms with Crippen LogP contribution in [0.4, 0.5) is 0 Å². The number of aryl methyl sites for hydroxylation is 1. The highest BCUT2D eigenvalue weighted by Gasteiger charge is 2.19. The fraction of sp³-hybridized carbons (Fsp3) is 0.208. The van der Waals surface area contributed by atoms with E-state index in [9.17, 15) is 13.2 Å². The molecule has 0 amide bonds. The first-order chi connectivity index (χ1) is 15.3. The summed E-state index contributed by atoms with van der Waals surface area (Å²) in [6.45, 7) is 2.19. The summed E-state index contributed by atoms with van der Waals surface area (Å²) in [6, 6.07) is 21.9. The highest BCUT2D eigenvalue weighted by molar-refractivity contribution is 7.89. The van der Waals surface area contributed by atoms with Crippen LogP contribution in [-0.4, -0.2) is 19.0 Å². The Hall–Kier alpha value is -2.45. The first kappa shape index (κ1) is 22.7. The molecular weight excluding hydrogens is 464 g/mol. The van der Waals surface area contributed by atoms with Gasteiger partial charge < -0.3 is 0 Å². The zero-order valence-corrected chi connectivity index (χ0v) is 19.9. The minimum atomic E-state index is -3.70. The standard InChI is InChI=1S/C24H23ClN2O3S2/c1-17(11-12-18-7-3-2-4-8-18)26-32(29,30)20-13-14-22-23(15-20)31-24(28)27(22)16-19-9-5-6-10-21(19)25/h2-10,13-15,17,26H,11-12,16H2,1H3/t17-/m0/s1. The van der Waals surface area contributed by atoms with Crippen LogP contribution < -0.4 is 9.60 Å². The van der Waals surface area contributed by atoms with Gasteiger partial charge in [0.2, 0.25) is 10.0 Å². The summed E-state index contributed by atoms with van der Waals surface area (Å²) >= 11 is 7.28. The van der Waals surface area contributed by atoms with Gasteiger partial charge in [0.05, 0.1) is 21.7 Å². The van der Waals surface area contributed by atoms with E-state index in [0.29, 0.717) is 28.2 Å². The highest BCUT2D eigenvalue weighted by atomic mass is 35.5. The molecule has 1 atom stereocenters. The molecule has 166 valence electrons. The molecule has 1 N–H and O–H groups in total. The van der Waals surface area contributed by atoms with E-state index in [1.165, 1.54) is 5.56 Å². The zero-order valence-electron chi connectivity index (χ0n) is 17.5. The highest BCUT2D eigenvalue weighted by Crippen LogP contribution is 2.24. The molecule has 3 aromatic carbocycles. The fourth-order valence-corrected chi connectivity index (χ4v) is 6.08. The smallest absolute Gasteiger partial charge is 0.294 e. The van der Waals surface area contributed by atoms with Gasteiger partial charge >= 0.3 is 4.87 Å². The Balaban J connectivity index is 1.53. The van der Waals surface area contributed by atoms with E-state index in [2.05, 4.69) is 4.72 Å². The third-order valence-corrected chi connectivity index (χ3v) is 8.20. The van der Waals surface area contributed by atoms with Crippen molar-refractivity contribution in [2.24, 2.45) is 0 Å². The van der Waals surface area contributed by atoms with E-state index < -0.39 is 10.0 Å². The minimum absolute atomic E-state index is 0.154. The van der Waals surface area contributed by atoms with Crippen molar-refractivity contribution in [3.8, 4) is 0 Å². The number of hydrogen-bond donors (Lipinski definition) is 1. The zero-order chi connectivity index (χ0) is 22.7. The van der Waals surface area contributed by atoms with Crippen molar-refractivity contribution >= 4 is 43.2 Å². The predicted octanol–water partition coefficient (Wildman–Crippen LogP) is 5.06. The molecule has 0 spiro atoms. The first-order valence-corrected chi connectivity index (χ1v) is 12.9. The Morgan fingerprint density at radius 3 is 2.50 bits per heavy atom. The van der Waals surface area contributed by atoms with E-state index in [4.69, 9.17) is 11.6 Å². The summed E-state index contributed by atoms with van der Waals surface area (Å²) in [7, 11) is -3.70. The van der Waals surface area contributed by atoms with Gasteiger partial charge in [0.25, 0.3) is 0 Å². The minimum Gasteiger partial charge on any atom is -0.294 e. The van der Waals surface area contributed by atoms with Gasteiger partial charge in [0.15, 0.2) is 0 Å². The van der Waals surface area contributed by atoms with E-state index in [1.54, 1.807) is 28.8 Å². The Kier molecular flexibility index (Phi) is 6.81. The van der Waals surface area contributed by atoms with Gasteiger partial charge in [-0.3, -0.25) is 9.36 Å². The molecule has 1 aromatic heterocycles. The average Bonchev–Trinajstić information content (AvgIpc) is 3.08. The Bertz CT molecular complexity index is 1400. The number of rotatable bonds is 8. The van der Waals surface area contributed by atoms with Crippen LogP contribution in [-0.2, 0) is 23.0 Å². The number of nitrogens with zero attached hydrogens (tertiary/aromatic N) is 1. The van der Waals surface area contributed by atoms with Crippen LogP contribution in [0.3, 0.4) is 0 Å². The van der Waals surface area contributed by atoms with Crippen LogP contribution in [0.25, 0.3) is 10.2 Å². The second-order valence-corrected chi connectivity index (χ2v) is 10.8. The van der Waals surface area contributed by atoms with Crippen molar-refractivity contribution in [1.82, 2.24) is 9.29 Å². The molecule has 0 fully saturated rings. The van der Waals surface area contributed by atoms with Gasteiger partial charge in [0.1, 0.15) is 0 Å². The molecule has 32 heavy (non-hydrogen) atoms. The maximum absolute atomic E-state index is 12.9. The molecule has 0 radical (unpaired) electrons. The molecule has 4 rings (SSSR count). The summed E-state index contributed by atoms with van der Waals surface area (Å²) in [5.74, 6) is 0. The topological polar surface area (TPSA) is 68.2 Å². The first-order valence-electron chi connectivity index (χ1n) is 10.3. The summed E-state index contributed by atoms with van der Waals surface area (Å²) in [5.41, 5.74) is 2.70. The number of nitrogens with one attached hydrogen (secondary N) is 1. The molecular formula is C24H23ClN2O3S2. The third-order valence-electron chi connectivity index (χ3n) is 5.30. The Labute approximate surface area is 196 Å². The summed E-state index contributed by atoms with van der Waals surface area (Å²) in [4.78, 5) is 12.6. The van der Waals surface area contributed by atoms with Crippen molar-refractivity contribution in [3.05, 3.63) is 98.6 Å². The maximum atomic E-state index is 12.9. The fourth-order valence-electron chi connectivity index (χ4n) is 3.58. The average molecular weight is 487 g/mol. The summed E-state index contributed by atoms with van der Waals surface area (Å²) in [6.07, 6.45) is 1.48. The Morgan fingerprint density at radius 1 is 1.03 bits per heavy atom. The molecule has 0 bridgehead atoms. The summed E-state index contributed by atoms with van der Waals surface area (Å²) in [5, 5.41) is 0.589. The predicted molar refractivity (Wildman–Crippen MR) is 131 cm³/mol. The van der Waals surface area contributed by atoms with Crippen molar-refractivity contribution in [1.29, 1.82) is 0 Å². The number of hydrogen-bond acceptors (Lipinski definition) is 4. The van der Waals surface area contributed by atoms with Crippen LogP contribution >= 0.6 is 22.9 Å². The number of benzene rings is 3. The monoisotopic (exact) mass is 486 g/mol. The SMILES string of the molecule is C[C@@H](CCc1ccccc1)NS(=O)(=O)c1ccc2c(c1)sc(=O)n2Cc1ccccc1Cl. The summed E-state index contributed by atoms with van der Waals surface area (Å²) < 4.78 is 30.8. The van der Waals surface area contributed by atoms with E-state index >= 15 is 0 Å². The molecule has 4 aromatic rings. The van der Waals surface area contributed by atoms with E-state index in [0.717, 1.165) is 23.3 Å². The van der Waals surface area contributed by atoms with Gasteiger partial charge in [-0.05, 0) is 55.2 Å². The third kappa shape index (κ3) is 5.13. The lowest BCUT2D eigenvalue weighted by Gasteiger charge is -2.14. The molecule has 0 aliphatic rings. The molecule has 1 heterocycles. The van der Waals surface area contributed by atoms with Crippen LogP contribution in [0.15, 0.2) is 82.5 Å². The molecule has 0 aliphatic carbocycles. The molecule has 0 aliphatic heterocycles. The molecule has 8 heteroatoms. The molecule has 0 saturated heterocycles. The normalized spacial score (nSPS) is 12.8. The number of fused-ring (bicyclic) bond motifs is 1. The van der Waals surface area contributed by atoms with Gasteiger partial charge in [-0.1, -0.05) is 71.5 Å². The Morgan fingerprint density at radius 2 is 1.75 bits per heavy atom. The van der Waals surface area contributed by atoms with Gasteiger partial charge in [-0.15, -0.1) is 0 Å². The quantitative estimate of drug-likeness (QED) is 0.378. The van der Waals surface area contributed by atoms with Crippen molar-refractivity contribution in [3.63, 3.8) is 0 Å². The molecule has 5 nitrogen and oxygen atoms in total. The van der Waals surface area contributed by atoms with Gasteiger partial charge in [-0.2, -0.15) is 0 Å².